The van der Waals surface area contributed by atoms with E-state index in [9.17, 15) is 9.59 Å². The van der Waals surface area contributed by atoms with Crippen molar-refractivity contribution in [1.82, 2.24) is 19.8 Å². The first kappa shape index (κ1) is 19.9. The molecule has 4 heterocycles. The van der Waals surface area contributed by atoms with Crippen LogP contribution in [0.25, 0.3) is 5.52 Å². The van der Waals surface area contributed by atoms with Gasteiger partial charge in [-0.15, -0.1) is 0 Å². The molecule has 0 atom stereocenters. The molecule has 2 aromatic heterocycles. The van der Waals surface area contributed by atoms with Gasteiger partial charge in [-0.3, -0.25) is 15.0 Å². The van der Waals surface area contributed by atoms with Crippen LogP contribution >= 0.6 is 0 Å². The van der Waals surface area contributed by atoms with Crippen LogP contribution in [0.15, 0.2) is 24.5 Å². The molecule has 0 radical (unpaired) electrons. The minimum atomic E-state index is -0.365. The number of carbonyl (C=O) groups excluding carboxylic acids is 2. The first-order chi connectivity index (χ1) is 14.1. The molecular formula is C22H31N5O2. The van der Waals surface area contributed by atoms with E-state index in [1.54, 1.807) is 15.6 Å². The molecule has 1 N–H and O–H groups in total. The fourth-order valence-electron chi connectivity index (χ4n) is 4.80. The number of urea groups is 1. The van der Waals surface area contributed by atoms with E-state index in [0.29, 0.717) is 18.9 Å². The molecule has 2 aliphatic rings. The second-order valence-corrected chi connectivity index (χ2v) is 8.30. The number of piperidine rings is 1. The Morgan fingerprint density at radius 1 is 1.17 bits per heavy atom. The number of likely N-dealkylation sites (tertiary alicyclic amines) is 1. The Labute approximate surface area is 172 Å². The SMILES string of the molecule is CCC(CC)N1CCC(Cc2ccn3ncc(N4CCC(=O)NC4=O)c3c2)CC1. The zero-order valence-electron chi connectivity index (χ0n) is 17.4. The highest BCUT2D eigenvalue weighted by Gasteiger charge is 2.27. The van der Waals surface area contributed by atoms with Gasteiger partial charge < -0.3 is 4.90 Å². The molecule has 0 spiro atoms. The normalized spacial score (nSPS) is 19.3. The molecule has 0 unspecified atom stereocenters. The first-order valence-corrected chi connectivity index (χ1v) is 10.9. The number of imide groups is 1. The third-order valence-corrected chi connectivity index (χ3v) is 6.54. The van der Waals surface area contributed by atoms with Crippen molar-refractivity contribution < 1.29 is 9.59 Å². The summed E-state index contributed by atoms with van der Waals surface area (Å²) in [7, 11) is 0. The summed E-state index contributed by atoms with van der Waals surface area (Å²) in [6, 6.07) is 4.65. The summed E-state index contributed by atoms with van der Waals surface area (Å²) in [6.07, 6.45) is 10.0. The summed E-state index contributed by atoms with van der Waals surface area (Å²) in [5.74, 6) is 0.480. The maximum Gasteiger partial charge on any atom is 0.328 e. The van der Waals surface area contributed by atoms with Crippen LogP contribution in [0.5, 0.6) is 0 Å². The van der Waals surface area contributed by atoms with Crippen molar-refractivity contribution in [1.29, 1.82) is 0 Å². The Morgan fingerprint density at radius 3 is 2.62 bits per heavy atom. The van der Waals surface area contributed by atoms with Gasteiger partial charge in [0.15, 0.2) is 0 Å². The van der Waals surface area contributed by atoms with Crippen molar-refractivity contribution >= 4 is 23.1 Å². The van der Waals surface area contributed by atoms with Crippen molar-refractivity contribution in [2.24, 2.45) is 5.92 Å². The summed E-state index contributed by atoms with van der Waals surface area (Å²) >= 11 is 0. The molecule has 2 saturated heterocycles. The van der Waals surface area contributed by atoms with Gasteiger partial charge in [0, 0.05) is 25.2 Å². The number of amides is 3. The van der Waals surface area contributed by atoms with E-state index in [1.807, 2.05) is 6.20 Å². The molecule has 0 saturated carbocycles. The molecule has 7 nitrogen and oxygen atoms in total. The van der Waals surface area contributed by atoms with E-state index >= 15 is 0 Å². The maximum atomic E-state index is 12.2. The van der Waals surface area contributed by atoms with Crippen molar-refractivity contribution in [3.63, 3.8) is 0 Å². The van der Waals surface area contributed by atoms with E-state index in [2.05, 4.69) is 41.3 Å². The summed E-state index contributed by atoms with van der Waals surface area (Å²) in [6.45, 7) is 7.36. The molecule has 29 heavy (non-hydrogen) atoms. The lowest BCUT2D eigenvalue weighted by molar-refractivity contribution is -0.120. The van der Waals surface area contributed by atoms with E-state index in [4.69, 9.17) is 0 Å². The highest BCUT2D eigenvalue weighted by molar-refractivity contribution is 6.07. The number of nitrogens with one attached hydrogen (secondary N) is 1. The second-order valence-electron chi connectivity index (χ2n) is 8.30. The molecule has 156 valence electrons. The molecule has 4 rings (SSSR count). The number of pyridine rings is 1. The monoisotopic (exact) mass is 397 g/mol. The lowest BCUT2D eigenvalue weighted by Crippen LogP contribution is -2.49. The van der Waals surface area contributed by atoms with Gasteiger partial charge in [0.25, 0.3) is 0 Å². The minimum absolute atomic E-state index is 0.219. The first-order valence-electron chi connectivity index (χ1n) is 10.9. The number of aromatic nitrogens is 2. The Hall–Kier alpha value is -2.41. The molecule has 7 heteroatoms. The van der Waals surface area contributed by atoms with Gasteiger partial charge in [0.1, 0.15) is 0 Å². The zero-order chi connectivity index (χ0) is 20.4. The summed E-state index contributed by atoms with van der Waals surface area (Å²) in [4.78, 5) is 28.0. The van der Waals surface area contributed by atoms with E-state index < -0.39 is 0 Å². The lowest BCUT2D eigenvalue weighted by Gasteiger charge is -2.37. The molecule has 2 aromatic rings. The van der Waals surface area contributed by atoms with Gasteiger partial charge >= 0.3 is 6.03 Å². The van der Waals surface area contributed by atoms with Crippen LogP contribution in [-0.4, -0.2) is 52.1 Å². The fraction of sp³-hybridized carbons (Fsp3) is 0.591. The molecule has 2 aliphatic heterocycles. The summed E-state index contributed by atoms with van der Waals surface area (Å²) < 4.78 is 1.80. The zero-order valence-corrected chi connectivity index (χ0v) is 17.4. The highest BCUT2D eigenvalue weighted by atomic mass is 16.2. The van der Waals surface area contributed by atoms with Crippen molar-refractivity contribution in [2.45, 2.75) is 58.4 Å². The Bertz CT molecular complexity index is 880. The molecule has 3 amide bonds. The standard InChI is InChI=1S/C22H31N5O2/c1-3-18(4-2)25-9-5-16(6-10-25)13-17-7-12-27-19(14-17)20(15-23-27)26-11-8-21(28)24-22(26)29/h7,12,14-16,18H,3-6,8-11,13H2,1-2H3,(H,24,28,29). The molecule has 2 fully saturated rings. The topological polar surface area (TPSA) is 70.0 Å². The van der Waals surface area contributed by atoms with Crippen molar-refractivity contribution in [2.75, 3.05) is 24.5 Å². The van der Waals surface area contributed by atoms with Crippen molar-refractivity contribution in [3.8, 4) is 0 Å². The highest BCUT2D eigenvalue weighted by Crippen LogP contribution is 2.28. The van der Waals surface area contributed by atoms with Crippen LogP contribution in [0.2, 0.25) is 0 Å². The number of hydrogen-bond donors (Lipinski definition) is 1. The predicted molar refractivity (Wildman–Crippen MR) is 113 cm³/mol. The lowest BCUT2D eigenvalue weighted by atomic mass is 9.89. The molecular weight excluding hydrogens is 366 g/mol. The average Bonchev–Trinajstić information content (AvgIpc) is 3.13. The Kier molecular flexibility index (Phi) is 5.85. The molecule has 0 aromatic carbocycles. The van der Waals surface area contributed by atoms with E-state index in [1.165, 1.54) is 44.3 Å². The van der Waals surface area contributed by atoms with E-state index in [-0.39, 0.29) is 11.9 Å². The van der Waals surface area contributed by atoms with Crippen LogP contribution in [0.4, 0.5) is 10.5 Å². The maximum absolute atomic E-state index is 12.2. The molecule has 0 aliphatic carbocycles. The number of fused-ring (bicyclic) bond motifs is 1. The third-order valence-electron chi connectivity index (χ3n) is 6.54. The largest absolute Gasteiger partial charge is 0.328 e. The summed E-state index contributed by atoms with van der Waals surface area (Å²) in [5.41, 5.74) is 2.97. The average molecular weight is 398 g/mol. The van der Waals surface area contributed by atoms with Crippen LogP contribution in [0, 0.1) is 5.92 Å². The van der Waals surface area contributed by atoms with Crippen LogP contribution < -0.4 is 10.2 Å². The smallest absolute Gasteiger partial charge is 0.300 e. The van der Waals surface area contributed by atoms with Crippen LogP contribution in [0.3, 0.4) is 0 Å². The van der Waals surface area contributed by atoms with Crippen LogP contribution in [0.1, 0.15) is 51.5 Å². The molecule has 0 bridgehead atoms. The van der Waals surface area contributed by atoms with Gasteiger partial charge in [0.2, 0.25) is 5.91 Å². The van der Waals surface area contributed by atoms with Gasteiger partial charge in [0.05, 0.1) is 17.4 Å². The van der Waals surface area contributed by atoms with Crippen LogP contribution in [-0.2, 0) is 11.2 Å². The predicted octanol–water partition coefficient (Wildman–Crippen LogP) is 3.22. The number of nitrogens with zero attached hydrogens (tertiary/aromatic N) is 4. The Balaban J connectivity index is 1.46. The quantitative estimate of drug-likeness (QED) is 0.813. The van der Waals surface area contributed by atoms with Gasteiger partial charge in [-0.2, -0.15) is 5.10 Å². The van der Waals surface area contributed by atoms with Gasteiger partial charge in [-0.1, -0.05) is 13.8 Å². The summed E-state index contributed by atoms with van der Waals surface area (Å²) in [5, 5.41) is 6.78. The van der Waals surface area contributed by atoms with Crippen molar-refractivity contribution in [3.05, 3.63) is 30.1 Å². The van der Waals surface area contributed by atoms with E-state index in [0.717, 1.165) is 23.7 Å². The third kappa shape index (κ3) is 4.15. The Morgan fingerprint density at radius 2 is 1.93 bits per heavy atom. The van der Waals surface area contributed by atoms with Gasteiger partial charge in [-0.05, 0) is 68.8 Å². The number of anilines is 1. The van der Waals surface area contributed by atoms with Gasteiger partial charge in [-0.25, -0.2) is 9.31 Å². The number of rotatable bonds is 6. The number of hydrogen-bond acceptors (Lipinski definition) is 4. The fourth-order valence-corrected chi connectivity index (χ4v) is 4.80. The second kappa shape index (κ2) is 8.53. The number of carbonyl (C=O) groups is 2. The minimum Gasteiger partial charge on any atom is -0.300 e.